The van der Waals surface area contributed by atoms with Crippen LogP contribution in [0, 0.1) is 10.8 Å². The van der Waals surface area contributed by atoms with Gasteiger partial charge in [-0.1, -0.05) is 34.6 Å². The van der Waals surface area contributed by atoms with E-state index in [0.29, 0.717) is 28.8 Å². The summed E-state index contributed by atoms with van der Waals surface area (Å²) >= 11 is 3.57. The van der Waals surface area contributed by atoms with Gasteiger partial charge in [-0.05, 0) is 63.7 Å². The number of allylic oxidation sites excluding steroid dienone is 4. The Morgan fingerprint density at radius 2 is 1.57 bits per heavy atom. The van der Waals surface area contributed by atoms with E-state index < -0.39 is 11.8 Å². The fourth-order valence-electron chi connectivity index (χ4n) is 6.06. The molecule has 200 valence electrons. The lowest BCUT2D eigenvalue weighted by atomic mass is 9.63. The van der Waals surface area contributed by atoms with Gasteiger partial charge in [-0.2, -0.15) is 0 Å². The number of hydrogen-bond acceptors (Lipinski definition) is 6. The molecule has 0 spiro atoms. The van der Waals surface area contributed by atoms with Crippen molar-refractivity contribution in [2.45, 2.75) is 72.6 Å². The summed E-state index contributed by atoms with van der Waals surface area (Å²) in [7, 11) is 1.52. The van der Waals surface area contributed by atoms with E-state index in [4.69, 9.17) is 15.2 Å². The van der Waals surface area contributed by atoms with Crippen LogP contribution in [0.1, 0.15) is 78.2 Å². The molecule has 7 nitrogen and oxygen atoms in total. The fourth-order valence-corrected chi connectivity index (χ4v) is 6.64. The minimum absolute atomic E-state index is 0.0886. The Morgan fingerprint density at radius 1 is 1.03 bits per heavy atom. The summed E-state index contributed by atoms with van der Waals surface area (Å²) in [6.07, 6.45) is 3.32. The highest BCUT2D eigenvalue weighted by Gasteiger charge is 2.49. The van der Waals surface area contributed by atoms with Gasteiger partial charge in [-0.25, -0.2) is 0 Å². The summed E-state index contributed by atoms with van der Waals surface area (Å²) in [5, 5.41) is 0. The number of ketones is 2. The van der Waals surface area contributed by atoms with Gasteiger partial charge in [-0.3, -0.25) is 14.4 Å². The first-order valence-electron chi connectivity index (χ1n) is 12.9. The number of nitrogens with two attached hydrogens (primary N) is 1. The summed E-state index contributed by atoms with van der Waals surface area (Å²) in [6.45, 7) is 11.1. The number of carbonyl (C=O) groups is 3. The Kier molecular flexibility index (Phi) is 7.36. The van der Waals surface area contributed by atoms with Crippen LogP contribution in [0.4, 0.5) is 0 Å². The third-order valence-corrected chi connectivity index (χ3v) is 8.00. The second kappa shape index (κ2) is 9.93. The third kappa shape index (κ3) is 5.22. The minimum atomic E-state index is -0.600. The van der Waals surface area contributed by atoms with E-state index in [2.05, 4.69) is 55.4 Å². The van der Waals surface area contributed by atoms with Gasteiger partial charge in [0.15, 0.2) is 29.7 Å². The van der Waals surface area contributed by atoms with Crippen LogP contribution in [-0.4, -0.2) is 42.6 Å². The van der Waals surface area contributed by atoms with Crippen LogP contribution in [0.15, 0.2) is 39.1 Å². The number of methoxy groups -OCH3 is 1. The van der Waals surface area contributed by atoms with Crippen LogP contribution < -0.4 is 15.2 Å². The normalized spacial score (nSPS) is 21.1. The second-order valence-corrected chi connectivity index (χ2v) is 12.8. The van der Waals surface area contributed by atoms with E-state index in [1.807, 2.05) is 12.1 Å². The van der Waals surface area contributed by atoms with Gasteiger partial charge in [0.1, 0.15) is 0 Å². The lowest BCUT2D eigenvalue weighted by molar-refractivity contribution is -0.121. The summed E-state index contributed by atoms with van der Waals surface area (Å²) < 4.78 is 11.8. The van der Waals surface area contributed by atoms with Crippen molar-refractivity contribution in [2.75, 3.05) is 20.3 Å². The molecule has 0 radical (unpaired) electrons. The summed E-state index contributed by atoms with van der Waals surface area (Å²) in [5.41, 5.74) is 9.26. The highest BCUT2D eigenvalue weighted by molar-refractivity contribution is 9.10. The first kappa shape index (κ1) is 27.4. The standard InChI is InChI=1S/C29H37BrN2O5/c1-7-8-32-18-11-28(2,3)13-20(33)25(18)24(26-19(32)12-29(4,5)14-21(26)34)16-9-17(30)27(22(10-16)36-6)37-15-23(31)35/h9-10,24H,7-8,11-15H2,1-6H3,(H2,31,35). The fraction of sp³-hybridized carbons (Fsp3) is 0.552. The van der Waals surface area contributed by atoms with Gasteiger partial charge in [0, 0.05) is 47.8 Å². The van der Waals surface area contributed by atoms with E-state index in [9.17, 15) is 14.4 Å². The van der Waals surface area contributed by atoms with Crippen LogP contribution in [0.3, 0.4) is 0 Å². The molecular formula is C29H37BrN2O5. The number of halogens is 1. The number of carbonyl (C=O) groups excluding carboxylic acids is 3. The molecule has 0 fully saturated rings. The Hall–Kier alpha value is -2.61. The Labute approximate surface area is 227 Å². The summed E-state index contributed by atoms with van der Waals surface area (Å²) in [4.78, 5) is 41.3. The number of amides is 1. The van der Waals surface area contributed by atoms with Crippen molar-refractivity contribution in [3.8, 4) is 11.5 Å². The van der Waals surface area contributed by atoms with Crippen molar-refractivity contribution in [3.63, 3.8) is 0 Å². The average molecular weight is 574 g/mol. The van der Waals surface area contributed by atoms with Crippen molar-refractivity contribution in [3.05, 3.63) is 44.7 Å². The van der Waals surface area contributed by atoms with Crippen LogP contribution in [-0.2, 0) is 14.4 Å². The summed E-state index contributed by atoms with van der Waals surface area (Å²) in [6, 6.07) is 3.69. The molecule has 8 heteroatoms. The maximum absolute atomic E-state index is 13.8. The molecule has 1 amide bonds. The number of hydrogen-bond donors (Lipinski definition) is 1. The quantitative estimate of drug-likeness (QED) is 0.468. The van der Waals surface area contributed by atoms with Crippen LogP contribution in [0.5, 0.6) is 11.5 Å². The van der Waals surface area contributed by atoms with Crippen LogP contribution in [0.2, 0.25) is 0 Å². The van der Waals surface area contributed by atoms with Crippen molar-refractivity contribution in [1.29, 1.82) is 0 Å². The van der Waals surface area contributed by atoms with Crippen LogP contribution >= 0.6 is 15.9 Å². The van der Waals surface area contributed by atoms with Crippen molar-refractivity contribution >= 4 is 33.4 Å². The lowest BCUT2D eigenvalue weighted by Crippen LogP contribution is -2.44. The lowest BCUT2D eigenvalue weighted by Gasteiger charge is -2.49. The number of primary amides is 1. The molecule has 2 N–H and O–H groups in total. The molecule has 1 heterocycles. The van der Waals surface area contributed by atoms with E-state index >= 15 is 0 Å². The van der Waals surface area contributed by atoms with Crippen molar-refractivity contribution < 1.29 is 23.9 Å². The molecule has 1 aromatic carbocycles. The van der Waals surface area contributed by atoms with Crippen molar-refractivity contribution in [2.24, 2.45) is 16.6 Å². The predicted molar refractivity (Wildman–Crippen MR) is 145 cm³/mol. The average Bonchev–Trinajstić information content (AvgIpc) is 2.77. The van der Waals surface area contributed by atoms with Crippen LogP contribution in [0.25, 0.3) is 0 Å². The molecule has 0 aromatic heterocycles. The molecule has 3 aliphatic rings. The zero-order valence-corrected chi connectivity index (χ0v) is 24.2. The predicted octanol–water partition coefficient (Wildman–Crippen LogP) is 5.42. The number of benzene rings is 1. The number of Topliss-reactive ketones (excluding diaryl/α,β-unsaturated/α-hetero) is 2. The highest BCUT2D eigenvalue weighted by Crippen LogP contribution is 2.55. The molecule has 1 aliphatic heterocycles. The zero-order valence-electron chi connectivity index (χ0n) is 22.6. The van der Waals surface area contributed by atoms with E-state index in [-0.39, 0.29) is 29.0 Å². The largest absolute Gasteiger partial charge is 0.493 e. The Morgan fingerprint density at radius 3 is 2.03 bits per heavy atom. The Balaban J connectivity index is 1.97. The number of ether oxygens (including phenoxy) is 2. The molecular weight excluding hydrogens is 536 g/mol. The molecule has 0 saturated carbocycles. The maximum Gasteiger partial charge on any atom is 0.255 e. The summed E-state index contributed by atoms with van der Waals surface area (Å²) in [5.74, 6) is -0.156. The molecule has 2 aliphatic carbocycles. The first-order valence-corrected chi connectivity index (χ1v) is 13.7. The molecule has 37 heavy (non-hydrogen) atoms. The monoisotopic (exact) mass is 572 g/mol. The van der Waals surface area contributed by atoms with E-state index in [0.717, 1.165) is 53.9 Å². The van der Waals surface area contributed by atoms with Gasteiger partial charge < -0.3 is 20.1 Å². The minimum Gasteiger partial charge on any atom is -0.493 e. The number of rotatable bonds is 7. The number of nitrogens with zero attached hydrogens (tertiary/aromatic N) is 1. The van der Waals surface area contributed by atoms with Gasteiger partial charge in [-0.15, -0.1) is 0 Å². The third-order valence-electron chi connectivity index (χ3n) is 7.41. The van der Waals surface area contributed by atoms with Gasteiger partial charge in [0.2, 0.25) is 0 Å². The topological polar surface area (TPSA) is 98.9 Å². The van der Waals surface area contributed by atoms with E-state index in [1.165, 1.54) is 7.11 Å². The molecule has 1 aromatic rings. The second-order valence-electron chi connectivity index (χ2n) is 12.0. The van der Waals surface area contributed by atoms with Gasteiger partial charge in [0.25, 0.3) is 5.91 Å². The van der Waals surface area contributed by atoms with Gasteiger partial charge in [0.05, 0.1) is 11.6 Å². The Bertz CT molecular complexity index is 1170. The van der Waals surface area contributed by atoms with E-state index in [1.54, 1.807) is 0 Å². The molecule has 4 rings (SSSR count). The molecule has 0 unspecified atom stereocenters. The molecule has 0 saturated heterocycles. The van der Waals surface area contributed by atoms with Gasteiger partial charge >= 0.3 is 0 Å². The maximum atomic E-state index is 13.8. The first-order chi connectivity index (χ1) is 17.3. The zero-order chi connectivity index (χ0) is 27.3. The molecule has 0 atom stereocenters. The SMILES string of the molecule is CCCN1C2=C(C(=O)CC(C)(C)C2)C(c2cc(Br)c(OCC(N)=O)c(OC)c2)C2=C1CC(C)(C)CC2=O. The van der Waals surface area contributed by atoms with Crippen molar-refractivity contribution in [1.82, 2.24) is 4.90 Å². The highest BCUT2D eigenvalue weighted by atomic mass is 79.9. The smallest absolute Gasteiger partial charge is 0.255 e. The molecule has 0 bridgehead atoms.